The molecule has 1 aromatic heterocycles. The van der Waals surface area contributed by atoms with Crippen molar-refractivity contribution in [3.8, 4) is 0 Å². The Morgan fingerprint density at radius 3 is 2.83 bits per heavy atom. The normalized spacial score (nSPS) is 12.3. The van der Waals surface area contributed by atoms with E-state index in [1.165, 1.54) is 28.5 Å². The maximum atomic E-state index is 12.3. The lowest BCUT2D eigenvalue weighted by Crippen LogP contribution is -2.28. The van der Waals surface area contributed by atoms with E-state index in [4.69, 9.17) is 0 Å². The lowest BCUT2D eigenvalue weighted by molar-refractivity contribution is -0.119. The molecule has 0 aliphatic heterocycles. The summed E-state index contributed by atoms with van der Waals surface area (Å²) in [4.78, 5) is 16.8. The molecule has 1 heterocycles. The van der Waals surface area contributed by atoms with Crippen molar-refractivity contribution in [2.45, 2.75) is 31.2 Å². The van der Waals surface area contributed by atoms with Crippen molar-refractivity contribution in [3.05, 3.63) is 59.2 Å². The summed E-state index contributed by atoms with van der Waals surface area (Å²) in [5.74, 6) is 0.419. The Morgan fingerprint density at radius 1 is 1.25 bits per heavy atom. The fourth-order valence-corrected chi connectivity index (χ4v) is 4.51. The van der Waals surface area contributed by atoms with Crippen molar-refractivity contribution in [1.29, 1.82) is 0 Å². The number of carbonyl (C=O) groups is 1. The van der Waals surface area contributed by atoms with Gasteiger partial charge < -0.3 is 5.32 Å². The number of para-hydroxylation sites is 1. The summed E-state index contributed by atoms with van der Waals surface area (Å²) in [5.41, 5.74) is 4.58. The van der Waals surface area contributed by atoms with Gasteiger partial charge in [-0.3, -0.25) is 4.79 Å². The minimum atomic E-state index is 0.00775. The second-order valence-electron chi connectivity index (χ2n) is 5.89. The van der Waals surface area contributed by atoms with Gasteiger partial charge in [0.05, 0.1) is 22.0 Å². The third kappa shape index (κ3) is 3.97. The Bertz CT molecular complexity index is 840. The van der Waals surface area contributed by atoms with Crippen molar-refractivity contribution >= 4 is 39.2 Å². The fraction of sp³-hybridized carbons (Fsp3) is 0.263. The molecule has 2 aromatic carbocycles. The first-order valence-corrected chi connectivity index (χ1v) is 9.68. The van der Waals surface area contributed by atoms with Crippen molar-refractivity contribution < 1.29 is 4.79 Å². The molecule has 24 heavy (non-hydrogen) atoms. The van der Waals surface area contributed by atoms with Gasteiger partial charge in [0.15, 0.2) is 4.34 Å². The molecule has 0 saturated carbocycles. The minimum Gasteiger partial charge on any atom is -0.349 e. The molecule has 3 rings (SSSR count). The lowest BCUT2D eigenvalue weighted by Gasteiger charge is -2.17. The molecular weight excluding hydrogens is 336 g/mol. The number of rotatable bonds is 5. The number of thiazole rings is 1. The average Bonchev–Trinajstić information content (AvgIpc) is 2.98. The SMILES string of the molecule is Cc1ccc(C)c(C(C)NC(=O)CSc2nc3ccccc3s2)c1. The van der Waals surface area contributed by atoms with Crippen LogP contribution < -0.4 is 5.32 Å². The summed E-state index contributed by atoms with van der Waals surface area (Å²) < 4.78 is 2.09. The maximum Gasteiger partial charge on any atom is 0.230 e. The smallest absolute Gasteiger partial charge is 0.230 e. The maximum absolute atomic E-state index is 12.3. The van der Waals surface area contributed by atoms with Gasteiger partial charge in [-0.2, -0.15) is 0 Å². The van der Waals surface area contributed by atoms with E-state index in [1.54, 1.807) is 11.3 Å². The van der Waals surface area contributed by atoms with Crippen molar-refractivity contribution in [2.24, 2.45) is 0 Å². The van der Waals surface area contributed by atoms with E-state index in [9.17, 15) is 4.79 Å². The van der Waals surface area contributed by atoms with Gasteiger partial charge in [0.1, 0.15) is 0 Å². The molecule has 1 unspecified atom stereocenters. The Morgan fingerprint density at radius 2 is 2.04 bits per heavy atom. The third-order valence-corrected chi connectivity index (χ3v) is 6.06. The predicted molar refractivity (Wildman–Crippen MR) is 103 cm³/mol. The van der Waals surface area contributed by atoms with Crippen molar-refractivity contribution in [2.75, 3.05) is 5.75 Å². The molecule has 124 valence electrons. The number of benzene rings is 2. The van der Waals surface area contributed by atoms with Gasteiger partial charge >= 0.3 is 0 Å². The van der Waals surface area contributed by atoms with Gasteiger partial charge in [-0.05, 0) is 44.0 Å². The highest BCUT2D eigenvalue weighted by Gasteiger charge is 2.13. The van der Waals surface area contributed by atoms with Crippen molar-refractivity contribution in [1.82, 2.24) is 10.3 Å². The Balaban J connectivity index is 1.60. The van der Waals surface area contributed by atoms with Crippen LogP contribution in [0, 0.1) is 13.8 Å². The second kappa shape index (κ2) is 7.36. The van der Waals surface area contributed by atoms with Gasteiger partial charge in [-0.1, -0.05) is 47.7 Å². The van der Waals surface area contributed by atoms with E-state index < -0.39 is 0 Å². The second-order valence-corrected chi connectivity index (χ2v) is 8.14. The predicted octanol–water partition coefficient (Wildman–Crippen LogP) is 4.88. The zero-order valence-corrected chi connectivity index (χ0v) is 15.6. The summed E-state index contributed by atoms with van der Waals surface area (Å²) in [5, 5.41) is 3.09. The van der Waals surface area contributed by atoms with Crippen LogP contribution in [0.4, 0.5) is 0 Å². The zero-order chi connectivity index (χ0) is 17.1. The highest BCUT2D eigenvalue weighted by Crippen LogP contribution is 2.29. The molecule has 0 fully saturated rings. The molecular formula is C19H20N2OS2. The number of nitrogens with zero attached hydrogens (tertiary/aromatic N) is 1. The Kier molecular flexibility index (Phi) is 5.21. The first-order chi connectivity index (χ1) is 11.5. The van der Waals surface area contributed by atoms with Crippen LogP contribution in [0.25, 0.3) is 10.2 Å². The molecule has 0 radical (unpaired) electrons. The molecule has 1 atom stereocenters. The molecule has 5 heteroatoms. The van der Waals surface area contributed by atoms with E-state index in [0.29, 0.717) is 5.75 Å². The number of thioether (sulfide) groups is 1. The fourth-order valence-electron chi connectivity index (χ4n) is 2.63. The van der Waals surface area contributed by atoms with Gasteiger partial charge in [-0.15, -0.1) is 11.3 Å². The molecule has 3 nitrogen and oxygen atoms in total. The quantitative estimate of drug-likeness (QED) is 0.662. The molecule has 0 saturated heterocycles. The first-order valence-electron chi connectivity index (χ1n) is 7.88. The van der Waals surface area contributed by atoms with Crippen LogP contribution in [0.1, 0.15) is 29.7 Å². The number of fused-ring (bicyclic) bond motifs is 1. The summed E-state index contributed by atoms with van der Waals surface area (Å²) in [7, 11) is 0. The third-order valence-electron chi connectivity index (χ3n) is 3.88. The van der Waals surface area contributed by atoms with Crippen LogP contribution in [0.15, 0.2) is 46.8 Å². The number of nitrogens with one attached hydrogen (secondary N) is 1. The minimum absolute atomic E-state index is 0.00775. The van der Waals surface area contributed by atoms with Crippen LogP contribution in [-0.2, 0) is 4.79 Å². The number of carbonyl (C=O) groups excluding carboxylic acids is 1. The average molecular weight is 357 g/mol. The van der Waals surface area contributed by atoms with Gasteiger partial charge in [-0.25, -0.2) is 4.98 Å². The molecule has 1 N–H and O–H groups in total. The molecule has 0 aliphatic carbocycles. The number of amides is 1. The van der Waals surface area contributed by atoms with Gasteiger partial charge in [0, 0.05) is 0 Å². The number of hydrogen-bond acceptors (Lipinski definition) is 4. The van der Waals surface area contributed by atoms with Crippen LogP contribution in [0.5, 0.6) is 0 Å². The first kappa shape index (κ1) is 17.0. The molecule has 0 aliphatic rings. The largest absolute Gasteiger partial charge is 0.349 e. The van der Waals surface area contributed by atoms with E-state index >= 15 is 0 Å². The van der Waals surface area contributed by atoms with E-state index in [2.05, 4.69) is 48.4 Å². The monoisotopic (exact) mass is 356 g/mol. The van der Waals surface area contributed by atoms with E-state index in [0.717, 1.165) is 14.6 Å². The number of hydrogen-bond donors (Lipinski definition) is 1. The van der Waals surface area contributed by atoms with Crippen LogP contribution >= 0.6 is 23.1 Å². The van der Waals surface area contributed by atoms with E-state index in [1.807, 2.05) is 25.1 Å². The summed E-state index contributed by atoms with van der Waals surface area (Å²) in [6.07, 6.45) is 0. The standard InChI is InChI=1S/C19H20N2OS2/c1-12-8-9-13(2)15(10-12)14(3)20-18(22)11-23-19-21-16-6-4-5-7-17(16)24-19/h4-10,14H,11H2,1-3H3,(H,20,22). The van der Waals surface area contributed by atoms with Gasteiger partial charge in [0.2, 0.25) is 5.91 Å². The highest BCUT2D eigenvalue weighted by molar-refractivity contribution is 8.01. The van der Waals surface area contributed by atoms with Crippen LogP contribution in [-0.4, -0.2) is 16.6 Å². The van der Waals surface area contributed by atoms with E-state index in [-0.39, 0.29) is 11.9 Å². The highest BCUT2D eigenvalue weighted by atomic mass is 32.2. The van der Waals surface area contributed by atoms with Crippen LogP contribution in [0.3, 0.4) is 0 Å². The number of aromatic nitrogens is 1. The molecule has 1 amide bonds. The Labute approximate surface area is 150 Å². The molecule has 3 aromatic rings. The lowest BCUT2D eigenvalue weighted by atomic mass is 10.00. The Hall–Kier alpha value is -1.85. The summed E-state index contributed by atoms with van der Waals surface area (Å²) in [6.45, 7) is 6.18. The molecule has 0 spiro atoms. The zero-order valence-electron chi connectivity index (χ0n) is 14.0. The molecule has 0 bridgehead atoms. The van der Waals surface area contributed by atoms with Crippen LogP contribution in [0.2, 0.25) is 0 Å². The summed E-state index contributed by atoms with van der Waals surface area (Å²) >= 11 is 3.12. The topological polar surface area (TPSA) is 42.0 Å². The van der Waals surface area contributed by atoms with Crippen molar-refractivity contribution in [3.63, 3.8) is 0 Å². The number of aryl methyl sites for hydroxylation is 2. The summed E-state index contributed by atoms with van der Waals surface area (Å²) in [6, 6.07) is 14.4. The van der Waals surface area contributed by atoms with Gasteiger partial charge in [0.25, 0.3) is 0 Å².